The molecule has 1 amide bonds. The molecule has 174 valence electrons. The minimum Gasteiger partial charge on any atom is -0.439 e. The molecule has 2 heterocycles. The van der Waals surface area contributed by atoms with Gasteiger partial charge in [-0.15, -0.1) is 0 Å². The van der Waals surface area contributed by atoms with Gasteiger partial charge in [0.25, 0.3) is 5.91 Å². The van der Waals surface area contributed by atoms with Crippen molar-refractivity contribution in [1.82, 2.24) is 4.31 Å². The number of nitrogens with zero attached hydrogens (tertiary/aromatic N) is 1. The first-order chi connectivity index (χ1) is 15.7. The van der Waals surface area contributed by atoms with E-state index in [1.807, 2.05) is 6.92 Å². The Morgan fingerprint density at radius 1 is 0.848 bits per heavy atom. The predicted molar refractivity (Wildman–Crippen MR) is 119 cm³/mol. The predicted octanol–water partition coefficient (Wildman–Crippen LogP) is 2.69. The molecule has 1 fully saturated rings. The monoisotopic (exact) mass is 490 g/mol. The number of morpholine rings is 1. The van der Waals surface area contributed by atoms with Crippen LogP contribution in [0.15, 0.2) is 80.0 Å². The van der Waals surface area contributed by atoms with Crippen LogP contribution in [0.3, 0.4) is 0 Å². The molecule has 0 unspecified atom stereocenters. The Labute approximate surface area is 191 Å². The Balaban J connectivity index is 1.47. The highest BCUT2D eigenvalue weighted by atomic mass is 32.2. The molecule has 0 saturated carbocycles. The standard InChI is InChI=1S/C22H22N2O7S2/c1-16-2-6-18(7-3-16)32(26,27)21-11-10-20(31-21)22(25)23-17-4-8-19(9-5-17)33(28,29)24-12-14-30-15-13-24/h2-11H,12-15H2,1H3,(H,23,25). The lowest BCUT2D eigenvalue weighted by atomic mass is 10.2. The molecule has 1 aromatic heterocycles. The fourth-order valence-corrected chi connectivity index (χ4v) is 5.84. The number of amides is 1. The van der Waals surface area contributed by atoms with E-state index in [-0.39, 0.29) is 33.7 Å². The highest BCUT2D eigenvalue weighted by Crippen LogP contribution is 2.24. The smallest absolute Gasteiger partial charge is 0.291 e. The van der Waals surface area contributed by atoms with E-state index in [9.17, 15) is 21.6 Å². The summed E-state index contributed by atoms with van der Waals surface area (Å²) in [4.78, 5) is 12.7. The molecular formula is C22H22N2O7S2. The number of carbonyl (C=O) groups excluding carboxylic acids is 1. The molecule has 3 aromatic rings. The third kappa shape index (κ3) is 4.86. The van der Waals surface area contributed by atoms with Gasteiger partial charge in [-0.25, -0.2) is 16.8 Å². The minimum atomic E-state index is -3.90. The SMILES string of the molecule is Cc1ccc(S(=O)(=O)c2ccc(C(=O)Nc3ccc(S(=O)(=O)N4CCOCC4)cc3)o2)cc1. The number of ether oxygens (including phenoxy) is 1. The van der Waals surface area contributed by atoms with Crippen LogP contribution in [0.1, 0.15) is 16.1 Å². The quantitative estimate of drug-likeness (QED) is 0.563. The number of sulfone groups is 1. The first-order valence-corrected chi connectivity index (χ1v) is 13.0. The van der Waals surface area contributed by atoms with E-state index in [0.717, 1.165) is 5.56 Å². The number of anilines is 1. The Kier molecular flexibility index (Phi) is 6.39. The van der Waals surface area contributed by atoms with Crippen molar-refractivity contribution in [2.24, 2.45) is 0 Å². The largest absolute Gasteiger partial charge is 0.439 e. The van der Waals surface area contributed by atoms with Crippen LogP contribution >= 0.6 is 0 Å². The van der Waals surface area contributed by atoms with Crippen LogP contribution in [0.5, 0.6) is 0 Å². The molecule has 0 spiro atoms. The Morgan fingerprint density at radius 2 is 1.45 bits per heavy atom. The molecule has 0 aliphatic carbocycles. The lowest BCUT2D eigenvalue weighted by molar-refractivity contribution is 0.0730. The first-order valence-electron chi connectivity index (χ1n) is 10.1. The van der Waals surface area contributed by atoms with E-state index in [4.69, 9.17) is 9.15 Å². The lowest BCUT2D eigenvalue weighted by Gasteiger charge is -2.26. The van der Waals surface area contributed by atoms with Gasteiger partial charge in [0.05, 0.1) is 23.0 Å². The zero-order valence-electron chi connectivity index (χ0n) is 17.7. The molecule has 2 aromatic carbocycles. The Morgan fingerprint density at radius 3 is 2.09 bits per heavy atom. The van der Waals surface area contributed by atoms with Gasteiger partial charge in [-0.05, 0) is 55.5 Å². The molecule has 1 aliphatic rings. The number of carbonyl (C=O) groups is 1. The van der Waals surface area contributed by atoms with Crippen LogP contribution in [-0.4, -0.2) is 53.4 Å². The molecule has 4 rings (SSSR count). The van der Waals surface area contributed by atoms with Crippen molar-refractivity contribution in [2.75, 3.05) is 31.6 Å². The average Bonchev–Trinajstić information content (AvgIpc) is 3.32. The zero-order valence-corrected chi connectivity index (χ0v) is 19.4. The number of benzene rings is 2. The van der Waals surface area contributed by atoms with E-state index in [0.29, 0.717) is 18.9 Å². The van der Waals surface area contributed by atoms with Crippen molar-refractivity contribution in [3.8, 4) is 0 Å². The lowest BCUT2D eigenvalue weighted by Crippen LogP contribution is -2.40. The second-order valence-electron chi connectivity index (χ2n) is 7.43. The Hall–Kier alpha value is -2.99. The highest BCUT2D eigenvalue weighted by molar-refractivity contribution is 7.91. The Bertz CT molecular complexity index is 1350. The summed E-state index contributed by atoms with van der Waals surface area (Å²) in [6.45, 7) is 3.10. The number of aryl methyl sites for hydroxylation is 1. The van der Waals surface area contributed by atoms with Crippen LogP contribution in [0, 0.1) is 6.92 Å². The van der Waals surface area contributed by atoms with E-state index >= 15 is 0 Å². The van der Waals surface area contributed by atoms with Gasteiger partial charge in [0, 0.05) is 18.8 Å². The van der Waals surface area contributed by atoms with Crippen molar-refractivity contribution < 1.29 is 30.8 Å². The minimum absolute atomic E-state index is 0.0616. The molecule has 1 aliphatic heterocycles. The first kappa shape index (κ1) is 23.2. The summed E-state index contributed by atoms with van der Waals surface area (Å²) in [7, 11) is -7.55. The summed E-state index contributed by atoms with van der Waals surface area (Å²) < 4.78 is 62.6. The van der Waals surface area contributed by atoms with E-state index < -0.39 is 25.8 Å². The van der Waals surface area contributed by atoms with Crippen molar-refractivity contribution in [1.29, 1.82) is 0 Å². The number of nitrogens with one attached hydrogen (secondary N) is 1. The van der Waals surface area contributed by atoms with Crippen LogP contribution < -0.4 is 5.32 Å². The van der Waals surface area contributed by atoms with E-state index in [2.05, 4.69) is 5.32 Å². The van der Waals surface area contributed by atoms with Gasteiger partial charge in [-0.2, -0.15) is 4.31 Å². The van der Waals surface area contributed by atoms with E-state index in [1.165, 1.54) is 52.8 Å². The number of furan rings is 1. The van der Waals surface area contributed by atoms with Gasteiger partial charge >= 0.3 is 0 Å². The third-order valence-corrected chi connectivity index (χ3v) is 8.68. The fourth-order valence-electron chi connectivity index (χ4n) is 3.26. The zero-order chi connectivity index (χ0) is 23.6. The summed E-state index contributed by atoms with van der Waals surface area (Å²) in [5.74, 6) is -0.852. The van der Waals surface area contributed by atoms with Crippen LogP contribution in [-0.2, 0) is 24.6 Å². The summed E-state index contributed by atoms with van der Waals surface area (Å²) in [5.41, 5.74) is 1.25. The van der Waals surface area contributed by atoms with Crippen molar-refractivity contribution in [3.63, 3.8) is 0 Å². The second-order valence-corrected chi connectivity index (χ2v) is 11.2. The molecule has 0 atom stereocenters. The summed E-state index contributed by atoms with van der Waals surface area (Å²) in [5, 5.41) is 2.23. The third-order valence-electron chi connectivity index (χ3n) is 5.12. The number of hydrogen-bond acceptors (Lipinski definition) is 7. The molecular weight excluding hydrogens is 468 g/mol. The summed E-state index contributed by atoms with van der Waals surface area (Å²) >= 11 is 0. The van der Waals surface area contributed by atoms with Gasteiger partial charge in [-0.3, -0.25) is 4.79 Å². The van der Waals surface area contributed by atoms with Crippen LogP contribution in [0.25, 0.3) is 0 Å². The van der Waals surface area contributed by atoms with Gasteiger partial charge in [0.15, 0.2) is 5.76 Å². The molecule has 0 radical (unpaired) electrons. The van der Waals surface area contributed by atoms with Gasteiger partial charge in [0.2, 0.25) is 25.0 Å². The van der Waals surface area contributed by atoms with Crippen molar-refractivity contribution >= 4 is 31.5 Å². The van der Waals surface area contributed by atoms with Crippen LogP contribution in [0.4, 0.5) is 5.69 Å². The van der Waals surface area contributed by atoms with Gasteiger partial charge in [-0.1, -0.05) is 17.7 Å². The van der Waals surface area contributed by atoms with Gasteiger partial charge < -0.3 is 14.5 Å². The number of rotatable bonds is 6. The van der Waals surface area contributed by atoms with Gasteiger partial charge in [0.1, 0.15) is 0 Å². The molecule has 33 heavy (non-hydrogen) atoms. The normalized spacial score (nSPS) is 15.3. The topological polar surface area (TPSA) is 123 Å². The molecule has 11 heteroatoms. The van der Waals surface area contributed by atoms with E-state index in [1.54, 1.807) is 12.1 Å². The fraction of sp³-hybridized carbons (Fsp3) is 0.227. The number of hydrogen-bond donors (Lipinski definition) is 1. The molecule has 1 N–H and O–H groups in total. The number of sulfonamides is 1. The molecule has 0 bridgehead atoms. The van der Waals surface area contributed by atoms with Crippen molar-refractivity contribution in [3.05, 3.63) is 72.0 Å². The van der Waals surface area contributed by atoms with Crippen molar-refractivity contribution in [2.45, 2.75) is 21.8 Å². The highest BCUT2D eigenvalue weighted by Gasteiger charge is 2.27. The maximum absolute atomic E-state index is 12.7. The molecule has 1 saturated heterocycles. The maximum atomic E-state index is 12.7. The van der Waals surface area contributed by atoms with Crippen LogP contribution in [0.2, 0.25) is 0 Å². The second kappa shape index (κ2) is 9.10. The molecule has 9 nitrogen and oxygen atoms in total. The summed E-state index contributed by atoms with van der Waals surface area (Å²) in [6.07, 6.45) is 0. The maximum Gasteiger partial charge on any atom is 0.291 e. The average molecular weight is 491 g/mol. The summed E-state index contributed by atoms with van der Waals surface area (Å²) in [6, 6.07) is 14.5.